The molecule has 0 amide bonds. The van der Waals surface area contributed by atoms with Crippen LogP contribution in [0.1, 0.15) is 124 Å². The maximum atomic E-state index is 12.9. The molecule has 0 spiro atoms. The molecule has 2 aromatic carbocycles. The van der Waals surface area contributed by atoms with Crippen LogP contribution < -0.4 is 9.47 Å². The van der Waals surface area contributed by atoms with E-state index in [0.717, 1.165) is 49.7 Å². The molecule has 0 saturated carbocycles. The van der Waals surface area contributed by atoms with Crippen LogP contribution in [-0.4, -0.2) is 22.5 Å². The fraction of sp³-hybridized carbons (Fsp3) is 0.472. The average Bonchev–Trinajstić information content (AvgIpc) is 3.04. The quantitative estimate of drug-likeness (QED) is 0.0790. The number of unbranched alkanes of at least 4 members (excludes halogenated alkanes) is 11. The van der Waals surface area contributed by atoms with Crippen molar-refractivity contribution >= 4 is 5.97 Å². The highest BCUT2D eigenvalue weighted by Gasteiger charge is 2.19. The largest absolute Gasteiger partial charge is 0.492 e. The Balaban J connectivity index is 1.54. The van der Waals surface area contributed by atoms with Gasteiger partial charge in [-0.3, -0.25) is 0 Å². The van der Waals surface area contributed by atoms with Crippen molar-refractivity contribution in [3.63, 3.8) is 0 Å². The molecule has 0 unspecified atom stereocenters. The van der Waals surface area contributed by atoms with Crippen LogP contribution in [0.3, 0.4) is 0 Å². The summed E-state index contributed by atoms with van der Waals surface area (Å²) in [6, 6.07) is 13.9. The molecule has 7 nitrogen and oxygen atoms in total. The second-order valence-electron chi connectivity index (χ2n) is 10.9. The summed E-state index contributed by atoms with van der Waals surface area (Å²) in [6.45, 7) is 4.86. The van der Waals surface area contributed by atoms with Gasteiger partial charge in [0.2, 0.25) is 0 Å². The fourth-order valence-corrected chi connectivity index (χ4v) is 4.89. The highest BCUT2D eigenvalue weighted by atomic mass is 16.5. The molecule has 3 rings (SSSR count). The minimum absolute atomic E-state index is 0.0172. The molecule has 0 bridgehead atoms. The van der Waals surface area contributed by atoms with Gasteiger partial charge in [-0.1, -0.05) is 96.6 Å². The molecule has 0 aliphatic carbocycles. The number of hydrogen-bond donors (Lipinski definition) is 0. The lowest BCUT2D eigenvalue weighted by molar-refractivity contribution is 0.0734. The van der Waals surface area contributed by atoms with E-state index in [1.807, 2.05) is 24.5 Å². The van der Waals surface area contributed by atoms with Crippen molar-refractivity contribution in [1.29, 1.82) is 10.5 Å². The first-order valence-corrected chi connectivity index (χ1v) is 15.8. The predicted molar refractivity (Wildman–Crippen MR) is 169 cm³/mol. The summed E-state index contributed by atoms with van der Waals surface area (Å²) in [5, 5.41) is 19.4. The monoisotopic (exact) mass is 580 g/mol. The van der Waals surface area contributed by atoms with E-state index >= 15 is 0 Å². The molecule has 0 radical (unpaired) electrons. The number of aryl methyl sites for hydroxylation is 1. The van der Waals surface area contributed by atoms with E-state index in [0.29, 0.717) is 23.7 Å². The number of nitriles is 2. The SMILES string of the molecule is CCCCCCCCCCc1cnc(-c2ccc(C(=O)Oc3ccc(OCCCCCCC)c(C#N)c3C#N)cc2)nc1. The van der Waals surface area contributed by atoms with Crippen LogP contribution >= 0.6 is 0 Å². The van der Waals surface area contributed by atoms with Crippen LogP contribution in [-0.2, 0) is 6.42 Å². The lowest BCUT2D eigenvalue weighted by atomic mass is 10.1. The highest BCUT2D eigenvalue weighted by molar-refractivity contribution is 5.92. The summed E-state index contributed by atoms with van der Waals surface area (Å²) in [6.07, 6.45) is 20.4. The zero-order valence-electron chi connectivity index (χ0n) is 25.7. The van der Waals surface area contributed by atoms with E-state index in [2.05, 4.69) is 23.8 Å². The number of ether oxygens (including phenoxy) is 2. The number of rotatable bonds is 19. The van der Waals surface area contributed by atoms with Crippen molar-refractivity contribution in [2.75, 3.05) is 6.61 Å². The molecule has 0 N–H and O–H groups in total. The Morgan fingerprint density at radius 2 is 1.23 bits per heavy atom. The van der Waals surface area contributed by atoms with Gasteiger partial charge in [0, 0.05) is 18.0 Å². The van der Waals surface area contributed by atoms with Crippen molar-refractivity contribution in [3.8, 4) is 35.0 Å². The van der Waals surface area contributed by atoms with Gasteiger partial charge in [-0.25, -0.2) is 14.8 Å². The lowest BCUT2D eigenvalue weighted by Gasteiger charge is -2.12. The number of carbonyl (C=O) groups is 1. The Morgan fingerprint density at radius 3 is 1.84 bits per heavy atom. The van der Waals surface area contributed by atoms with Crippen molar-refractivity contribution in [3.05, 3.63) is 71.0 Å². The van der Waals surface area contributed by atoms with E-state index in [9.17, 15) is 15.3 Å². The molecule has 226 valence electrons. The molecule has 43 heavy (non-hydrogen) atoms. The number of esters is 1. The Hall–Kier alpha value is -4.23. The van der Waals surface area contributed by atoms with Crippen molar-refractivity contribution in [2.45, 2.75) is 104 Å². The van der Waals surface area contributed by atoms with Gasteiger partial charge >= 0.3 is 5.97 Å². The third kappa shape index (κ3) is 10.8. The van der Waals surface area contributed by atoms with Crippen molar-refractivity contribution < 1.29 is 14.3 Å². The van der Waals surface area contributed by atoms with Gasteiger partial charge in [0.05, 0.1) is 12.2 Å². The summed E-state index contributed by atoms with van der Waals surface area (Å²) in [5.41, 5.74) is 2.28. The zero-order valence-corrected chi connectivity index (χ0v) is 25.7. The number of carbonyl (C=O) groups excluding carboxylic acids is 1. The first kappa shape index (κ1) is 33.3. The van der Waals surface area contributed by atoms with E-state index < -0.39 is 5.97 Å². The molecule has 1 aromatic heterocycles. The van der Waals surface area contributed by atoms with Crippen molar-refractivity contribution in [1.82, 2.24) is 9.97 Å². The molecule has 0 saturated heterocycles. The van der Waals surface area contributed by atoms with Gasteiger partial charge in [0.1, 0.15) is 29.0 Å². The Morgan fingerprint density at radius 1 is 0.698 bits per heavy atom. The number of nitrogens with zero attached hydrogens (tertiary/aromatic N) is 4. The number of benzene rings is 2. The van der Waals surface area contributed by atoms with Crippen molar-refractivity contribution in [2.24, 2.45) is 0 Å². The molecule has 7 heteroatoms. The Kier molecular flexibility index (Phi) is 14.7. The summed E-state index contributed by atoms with van der Waals surface area (Å²) >= 11 is 0. The molecule has 0 atom stereocenters. The van der Waals surface area contributed by atoms with E-state index in [4.69, 9.17) is 9.47 Å². The number of hydrogen-bond acceptors (Lipinski definition) is 7. The molecule has 0 aliphatic rings. The van der Waals surface area contributed by atoms with Crippen LogP contribution in [0.4, 0.5) is 0 Å². The fourth-order valence-electron chi connectivity index (χ4n) is 4.89. The van der Waals surface area contributed by atoms with Crippen LogP contribution in [0.2, 0.25) is 0 Å². The molecule has 0 fully saturated rings. The smallest absolute Gasteiger partial charge is 0.343 e. The number of aromatic nitrogens is 2. The molecular formula is C36H44N4O3. The van der Waals surface area contributed by atoms with E-state index in [1.165, 1.54) is 57.4 Å². The third-order valence-corrected chi connectivity index (χ3v) is 7.46. The lowest BCUT2D eigenvalue weighted by Crippen LogP contribution is -2.10. The van der Waals surface area contributed by atoms with Gasteiger partial charge < -0.3 is 9.47 Å². The van der Waals surface area contributed by atoms with E-state index in [-0.39, 0.29) is 16.9 Å². The first-order chi connectivity index (χ1) is 21.1. The van der Waals surface area contributed by atoms with Crippen LogP contribution in [0.15, 0.2) is 48.8 Å². The minimum atomic E-state index is -0.627. The average molecular weight is 581 g/mol. The topological polar surface area (TPSA) is 109 Å². The standard InChI is InChI=1S/C36H44N4O3/c1-3-5-7-9-10-11-12-14-16-28-26-39-35(40-27-28)29-17-19-30(20-18-29)36(41)43-34-22-21-33(31(24-37)32(34)25-38)42-23-15-13-8-6-4-2/h17-22,26-27H,3-16,23H2,1-2H3. The molecule has 1 heterocycles. The summed E-state index contributed by atoms with van der Waals surface area (Å²) < 4.78 is 11.3. The summed E-state index contributed by atoms with van der Waals surface area (Å²) in [5.74, 6) is 0.311. The van der Waals surface area contributed by atoms with Gasteiger partial charge in [0.15, 0.2) is 11.6 Å². The maximum Gasteiger partial charge on any atom is 0.343 e. The van der Waals surface area contributed by atoms with E-state index in [1.54, 1.807) is 30.3 Å². The molecule has 3 aromatic rings. The van der Waals surface area contributed by atoms with Gasteiger partial charge in [-0.15, -0.1) is 0 Å². The Labute approximate surface area is 256 Å². The first-order valence-electron chi connectivity index (χ1n) is 15.8. The highest BCUT2D eigenvalue weighted by Crippen LogP contribution is 2.30. The van der Waals surface area contributed by atoms with Gasteiger partial charge in [-0.05, 0) is 49.1 Å². The van der Waals surface area contributed by atoms with Crippen LogP contribution in [0, 0.1) is 22.7 Å². The maximum absolute atomic E-state index is 12.9. The normalized spacial score (nSPS) is 10.6. The zero-order chi connectivity index (χ0) is 30.7. The second-order valence-corrected chi connectivity index (χ2v) is 10.9. The molecular weight excluding hydrogens is 536 g/mol. The Bertz CT molecular complexity index is 1360. The van der Waals surface area contributed by atoms with Crippen LogP contribution in [0.5, 0.6) is 11.5 Å². The predicted octanol–water partition coefficient (Wildman–Crippen LogP) is 9.14. The summed E-state index contributed by atoms with van der Waals surface area (Å²) in [4.78, 5) is 21.9. The van der Waals surface area contributed by atoms with Gasteiger partial charge in [-0.2, -0.15) is 10.5 Å². The molecule has 0 aliphatic heterocycles. The second kappa shape index (κ2) is 19.1. The minimum Gasteiger partial charge on any atom is -0.492 e. The third-order valence-electron chi connectivity index (χ3n) is 7.46. The van der Waals surface area contributed by atoms with Gasteiger partial charge in [0.25, 0.3) is 0 Å². The van der Waals surface area contributed by atoms with Crippen LogP contribution in [0.25, 0.3) is 11.4 Å². The summed E-state index contributed by atoms with van der Waals surface area (Å²) in [7, 11) is 0.